The molecule has 1 aliphatic heterocycles. The summed E-state index contributed by atoms with van der Waals surface area (Å²) in [4.78, 5) is 0. The summed E-state index contributed by atoms with van der Waals surface area (Å²) in [6.07, 6.45) is 2.98. The molecule has 0 spiro atoms. The van der Waals surface area contributed by atoms with Gasteiger partial charge in [0.05, 0.1) is 3.79 Å². The Balaban J connectivity index is 1.66. The van der Waals surface area contributed by atoms with E-state index in [-0.39, 0.29) is 16.8 Å². The molecule has 26 heavy (non-hydrogen) atoms. The predicted octanol–water partition coefficient (Wildman–Crippen LogP) is 3.48. The first-order valence-corrected chi connectivity index (χ1v) is 13.5. The Bertz CT molecular complexity index is 938. The van der Waals surface area contributed by atoms with Gasteiger partial charge in [0, 0.05) is 19.1 Å². The molecule has 0 aromatic carbocycles. The van der Waals surface area contributed by atoms with Crippen LogP contribution in [0.1, 0.15) is 25.7 Å². The lowest BCUT2D eigenvalue weighted by Crippen LogP contribution is -2.44. The highest BCUT2D eigenvalue weighted by atomic mass is 79.9. The molecule has 11 heteroatoms. The van der Waals surface area contributed by atoms with E-state index in [1.807, 2.05) is 0 Å². The quantitative estimate of drug-likeness (QED) is 0.633. The monoisotopic (exact) mass is 498 g/mol. The van der Waals surface area contributed by atoms with E-state index in [4.69, 9.17) is 0 Å². The summed E-state index contributed by atoms with van der Waals surface area (Å²) in [5, 5.41) is 1.75. The van der Waals surface area contributed by atoms with Gasteiger partial charge < -0.3 is 0 Å². The number of sulfonamides is 2. The van der Waals surface area contributed by atoms with Crippen molar-refractivity contribution in [3.05, 3.63) is 33.4 Å². The van der Waals surface area contributed by atoms with Crippen LogP contribution in [-0.2, 0) is 20.0 Å². The molecule has 0 bridgehead atoms. The van der Waals surface area contributed by atoms with Gasteiger partial charge in [-0.2, -0.15) is 4.31 Å². The van der Waals surface area contributed by atoms with E-state index >= 15 is 0 Å². The first-order valence-electron chi connectivity index (χ1n) is 8.11. The van der Waals surface area contributed by atoms with Gasteiger partial charge in [-0.05, 0) is 58.8 Å². The molecule has 1 aliphatic rings. The molecule has 2 aromatic rings. The lowest BCUT2D eigenvalue weighted by Gasteiger charge is -2.34. The molecule has 1 fully saturated rings. The zero-order chi connectivity index (χ0) is 18.8. The third-order valence-electron chi connectivity index (χ3n) is 4.21. The largest absolute Gasteiger partial charge is 0.252 e. The topological polar surface area (TPSA) is 83.6 Å². The van der Waals surface area contributed by atoms with Crippen molar-refractivity contribution >= 4 is 58.7 Å². The van der Waals surface area contributed by atoms with Gasteiger partial charge in [-0.3, -0.25) is 0 Å². The van der Waals surface area contributed by atoms with Crippen LogP contribution in [0.3, 0.4) is 0 Å². The van der Waals surface area contributed by atoms with Gasteiger partial charge in [0.2, 0.25) is 10.0 Å². The summed E-state index contributed by atoms with van der Waals surface area (Å²) in [6, 6.07) is 6.39. The fourth-order valence-electron chi connectivity index (χ4n) is 2.98. The minimum absolute atomic E-state index is 0.186. The summed E-state index contributed by atoms with van der Waals surface area (Å²) in [6.45, 7) is 0.689. The zero-order valence-corrected chi connectivity index (χ0v) is 18.6. The number of thiophene rings is 2. The van der Waals surface area contributed by atoms with Gasteiger partial charge in [-0.15, -0.1) is 22.7 Å². The minimum Gasteiger partial charge on any atom is -0.210 e. The van der Waals surface area contributed by atoms with Crippen LogP contribution in [0, 0.1) is 0 Å². The zero-order valence-electron chi connectivity index (χ0n) is 13.8. The number of piperidine rings is 1. The molecule has 1 saturated heterocycles. The Morgan fingerprint density at radius 2 is 1.96 bits per heavy atom. The van der Waals surface area contributed by atoms with Gasteiger partial charge in [-0.25, -0.2) is 21.6 Å². The molecular formula is C15H19BrN2O4S4. The number of hydrogen-bond donors (Lipinski definition) is 1. The predicted molar refractivity (Wildman–Crippen MR) is 108 cm³/mol. The Kier molecular flexibility index (Phi) is 6.58. The van der Waals surface area contributed by atoms with E-state index < -0.39 is 20.0 Å². The second-order valence-corrected chi connectivity index (χ2v) is 13.5. The number of nitrogens with zero attached hydrogens (tertiary/aromatic N) is 1. The van der Waals surface area contributed by atoms with Gasteiger partial charge in [0.15, 0.2) is 0 Å². The number of halogens is 1. The average Bonchev–Trinajstić information content (AvgIpc) is 3.27. The summed E-state index contributed by atoms with van der Waals surface area (Å²) in [7, 11) is -7.08. The van der Waals surface area contributed by atoms with Crippen LogP contribution >= 0.6 is 38.6 Å². The molecule has 144 valence electrons. The van der Waals surface area contributed by atoms with Crippen LogP contribution in [0.5, 0.6) is 0 Å². The van der Waals surface area contributed by atoms with E-state index in [0.29, 0.717) is 17.2 Å². The molecular weight excluding hydrogens is 480 g/mol. The van der Waals surface area contributed by atoms with Gasteiger partial charge in [0.1, 0.15) is 8.42 Å². The van der Waals surface area contributed by atoms with E-state index in [0.717, 1.165) is 34.4 Å². The highest BCUT2D eigenvalue weighted by molar-refractivity contribution is 9.11. The average molecular weight is 499 g/mol. The summed E-state index contributed by atoms with van der Waals surface area (Å²) in [5.41, 5.74) is 0. The Morgan fingerprint density at radius 3 is 2.62 bits per heavy atom. The molecule has 1 unspecified atom stereocenters. The third-order valence-corrected chi connectivity index (χ3v) is 11.1. The normalized spacial score (nSPS) is 19.7. The molecule has 2 aromatic heterocycles. The van der Waals surface area contributed by atoms with E-state index in [1.54, 1.807) is 34.0 Å². The smallest absolute Gasteiger partial charge is 0.210 e. The molecule has 3 rings (SSSR count). The Labute approximate surface area is 170 Å². The third kappa shape index (κ3) is 4.57. The highest BCUT2D eigenvalue weighted by Crippen LogP contribution is 2.29. The van der Waals surface area contributed by atoms with Crippen molar-refractivity contribution in [1.82, 2.24) is 9.03 Å². The number of hydrogen-bond acceptors (Lipinski definition) is 6. The maximum Gasteiger partial charge on any atom is 0.252 e. The van der Waals surface area contributed by atoms with Crippen LogP contribution < -0.4 is 4.72 Å². The fraction of sp³-hybridized carbons (Fsp3) is 0.467. The number of nitrogens with one attached hydrogen (secondary N) is 1. The lowest BCUT2D eigenvalue weighted by molar-refractivity contribution is 0.242. The summed E-state index contributed by atoms with van der Waals surface area (Å²) in [5.74, 6) is 0. The van der Waals surface area contributed by atoms with Gasteiger partial charge in [-0.1, -0.05) is 12.5 Å². The van der Waals surface area contributed by atoms with Crippen molar-refractivity contribution in [2.75, 3.05) is 13.1 Å². The maximum atomic E-state index is 12.8. The van der Waals surface area contributed by atoms with Crippen molar-refractivity contribution in [3.8, 4) is 0 Å². The van der Waals surface area contributed by atoms with Crippen molar-refractivity contribution in [2.24, 2.45) is 0 Å². The van der Waals surface area contributed by atoms with Crippen LogP contribution in [0.4, 0.5) is 0 Å². The Morgan fingerprint density at radius 1 is 1.15 bits per heavy atom. The first kappa shape index (κ1) is 20.4. The van der Waals surface area contributed by atoms with Crippen LogP contribution in [0.2, 0.25) is 0 Å². The molecule has 1 atom stereocenters. The van der Waals surface area contributed by atoms with Crippen LogP contribution in [-0.4, -0.2) is 40.3 Å². The fourth-order valence-corrected chi connectivity index (χ4v) is 8.92. The van der Waals surface area contributed by atoms with Crippen molar-refractivity contribution < 1.29 is 16.8 Å². The van der Waals surface area contributed by atoms with E-state index in [1.165, 1.54) is 11.3 Å². The first-order chi connectivity index (χ1) is 12.3. The molecule has 1 N–H and O–H groups in total. The minimum atomic E-state index is -3.56. The van der Waals surface area contributed by atoms with Gasteiger partial charge in [0.25, 0.3) is 10.0 Å². The molecule has 0 radical (unpaired) electrons. The molecule has 0 saturated carbocycles. The lowest BCUT2D eigenvalue weighted by atomic mass is 10.0. The standard InChI is InChI=1S/C15H19BrN2O4S4/c16-13-6-7-15(24-13)25(19,20)17-9-8-12-4-1-2-10-18(12)26(21,22)14-5-3-11-23-14/h3,5-7,11-12,17H,1-2,4,8-10H2. The van der Waals surface area contributed by atoms with E-state index in [9.17, 15) is 16.8 Å². The SMILES string of the molecule is O=S(=O)(NCCC1CCCCN1S(=O)(=O)c1cccs1)c1ccc(Br)s1. The number of rotatable bonds is 7. The highest BCUT2D eigenvalue weighted by Gasteiger charge is 2.34. The Hall–Kier alpha value is -0.300. The molecule has 0 aliphatic carbocycles. The molecule has 6 nitrogen and oxygen atoms in total. The second kappa shape index (κ2) is 8.38. The van der Waals surface area contributed by atoms with Crippen LogP contribution in [0.25, 0.3) is 0 Å². The summed E-state index contributed by atoms with van der Waals surface area (Å²) >= 11 is 5.61. The van der Waals surface area contributed by atoms with Crippen molar-refractivity contribution in [1.29, 1.82) is 0 Å². The molecule has 0 amide bonds. The van der Waals surface area contributed by atoms with Crippen molar-refractivity contribution in [3.63, 3.8) is 0 Å². The van der Waals surface area contributed by atoms with Gasteiger partial charge >= 0.3 is 0 Å². The molecule has 3 heterocycles. The second-order valence-electron chi connectivity index (χ2n) is 5.94. The summed E-state index contributed by atoms with van der Waals surface area (Å²) < 4.78 is 55.7. The van der Waals surface area contributed by atoms with E-state index in [2.05, 4.69) is 20.7 Å². The van der Waals surface area contributed by atoms with Crippen LogP contribution in [0.15, 0.2) is 41.9 Å². The maximum absolute atomic E-state index is 12.8. The van der Waals surface area contributed by atoms with Crippen molar-refractivity contribution in [2.45, 2.75) is 40.1 Å².